The standard InChI is InChI=1S/C26H36N3O5S/c1-17-6-11-20-22(14-17)35-25(28-20)18-7-9-19(10-8-18)27-12-4-5-13-29(2,3)16-26(33)24(32)23(31)21(30)15-34-26/h6-11,14,21,23-24,27,30-33H,4-5,12-13,15-16H2,1-3H3/q+1. The van der Waals surface area contributed by atoms with Gasteiger partial charge in [-0.1, -0.05) is 6.07 Å². The maximum atomic E-state index is 10.7. The van der Waals surface area contributed by atoms with Crippen molar-refractivity contribution in [1.82, 2.24) is 4.98 Å². The van der Waals surface area contributed by atoms with Gasteiger partial charge in [-0.3, -0.25) is 0 Å². The molecule has 3 aromatic rings. The molecule has 0 radical (unpaired) electrons. The van der Waals surface area contributed by atoms with Gasteiger partial charge in [0.05, 0.1) is 37.5 Å². The largest absolute Gasteiger partial charge is 0.388 e. The molecule has 5 N–H and O–H groups in total. The second-order valence-corrected chi connectivity index (χ2v) is 11.2. The van der Waals surface area contributed by atoms with Gasteiger partial charge in [0, 0.05) is 17.8 Å². The minimum atomic E-state index is -1.88. The van der Waals surface area contributed by atoms with Crippen molar-refractivity contribution >= 4 is 27.2 Å². The summed E-state index contributed by atoms with van der Waals surface area (Å²) in [4.78, 5) is 4.75. The number of benzene rings is 2. The van der Waals surface area contributed by atoms with Crippen LogP contribution in [0.1, 0.15) is 18.4 Å². The topological polar surface area (TPSA) is 115 Å². The van der Waals surface area contributed by atoms with E-state index in [1.807, 2.05) is 14.1 Å². The maximum Gasteiger partial charge on any atom is 0.245 e. The molecule has 0 amide bonds. The van der Waals surface area contributed by atoms with Crippen molar-refractivity contribution in [2.24, 2.45) is 0 Å². The number of fused-ring (bicyclic) bond motifs is 1. The van der Waals surface area contributed by atoms with E-state index in [1.165, 1.54) is 10.3 Å². The predicted molar refractivity (Wildman–Crippen MR) is 138 cm³/mol. The van der Waals surface area contributed by atoms with Gasteiger partial charge in [-0.05, 0) is 61.7 Å². The Bertz CT molecular complexity index is 1140. The summed E-state index contributed by atoms with van der Waals surface area (Å²) >= 11 is 1.71. The third kappa shape index (κ3) is 6.18. The Hall–Kier alpha value is -2.11. The Morgan fingerprint density at radius 3 is 2.60 bits per heavy atom. The molecule has 1 fully saturated rings. The quantitative estimate of drug-likeness (QED) is 0.225. The van der Waals surface area contributed by atoms with Crippen LogP contribution in [0.4, 0.5) is 5.69 Å². The summed E-state index contributed by atoms with van der Waals surface area (Å²) in [5.41, 5.74) is 4.43. The van der Waals surface area contributed by atoms with Crippen molar-refractivity contribution in [1.29, 1.82) is 0 Å². The highest BCUT2D eigenvalue weighted by Crippen LogP contribution is 2.31. The monoisotopic (exact) mass is 502 g/mol. The molecule has 8 nitrogen and oxygen atoms in total. The second-order valence-electron chi connectivity index (χ2n) is 10.2. The molecule has 190 valence electrons. The molecule has 1 aromatic heterocycles. The Morgan fingerprint density at radius 2 is 1.86 bits per heavy atom. The van der Waals surface area contributed by atoms with Gasteiger partial charge in [0.2, 0.25) is 5.79 Å². The number of aromatic nitrogens is 1. The Morgan fingerprint density at radius 1 is 1.11 bits per heavy atom. The first kappa shape index (κ1) is 26.0. The highest BCUT2D eigenvalue weighted by molar-refractivity contribution is 7.21. The van der Waals surface area contributed by atoms with Gasteiger partial charge in [0.15, 0.2) is 0 Å². The van der Waals surface area contributed by atoms with Crippen LogP contribution >= 0.6 is 11.3 Å². The van der Waals surface area contributed by atoms with Gasteiger partial charge in [-0.2, -0.15) is 0 Å². The van der Waals surface area contributed by atoms with E-state index < -0.39 is 24.1 Å². The van der Waals surface area contributed by atoms with Gasteiger partial charge >= 0.3 is 0 Å². The minimum Gasteiger partial charge on any atom is -0.388 e. The van der Waals surface area contributed by atoms with E-state index in [0.29, 0.717) is 4.48 Å². The molecule has 1 aliphatic heterocycles. The van der Waals surface area contributed by atoms with Crippen LogP contribution in [-0.4, -0.2) is 94.3 Å². The molecule has 0 saturated carbocycles. The molecule has 0 aliphatic carbocycles. The normalized spacial score (nSPS) is 25.2. The fourth-order valence-electron chi connectivity index (χ4n) is 4.51. The van der Waals surface area contributed by atoms with E-state index >= 15 is 0 Å². The number of hydrogen-bond acceptors (Lipinski definition) is 8. The number of hydrogen-bond donors (Lipinski definition) is 5. The maximum absolute atomic E-state index is 10.7. The SMILES string of the molecule is Cc1ccc2nc(-c3ccc(NCCCC[N+](C)(C)CC4(O)OCC(O)C(O)C4O)cc3)sc2c1. The molecular weight excluding hydrogens is 466 g/mol. The lowest BCUT2D eigenvalue weighted by Gasteiger charge is -2.45. The van der Waals surface area contributed by atoms with Gasteiger partial charge < -0.3 is 35.0 Å². The first-order valence-electron chi connectivity index (χ1n) is 12.0. The van der Waals surface area contributed by atoms with Crippen molar-refractivity contribution in [2.45, 2.75) is 43.9 Å². The lowest BCUT2D eigenvalue weighted by atomic mass is 9.96. The summed E-state index contributed by atoms with van der Waals surface area (Å²) in [5.74, 6) is -1.88. The van der Waals surface area contributed by atoms with Crippen LogP contribution in [-0.2, 0) is 4.74 Å². The molecule has 0 bridgehead atoms. The van der Waals surface area contributed by atoms with E-state index in [-0.39, 0.29) is 13.2 Å². The van der Waals surface area contributed by atoms with E-state index in [0.717, 1.165) is 47.7 Å². The average molecular weight is 503 g/mol. The smallest absolute Gasteiger partial charge is 0.245 e. The number of aryl methyl sites for hydroxylation is 1. The molecular formula is C26H36N3O5S+. The van der Waals surface area contributed by atoms with E-state index in [4.69, 9.17) is 9.72 Å². The number of rotatable bonds is 9. The molecule has 4 rings (SSSR count). The van der Waals surface area contributed by atoms with Gasteiger partial charge in [0.25, 0.3) is 0 Å². The lowest BCUT2D eigenvalue weighted by Crippen LogP contribution is -2.67. The fraction of sp³-hybridized carbons (Fsp3) is 0.500. The molecule has 4 unspecified atom stereocenters. The van der Waals surface area contributed by atoms with Crippen molar-refractivity contribution in [3.63, 3.8) is 0 Å². The summed E-state index contributed by atoms with van der Waals surface area (Å²) in [5, 5.41) is 44.9. The second kappa shape index (κ2) is 10.5. The number of aliphatic hydroxyl groups excluding tert-OH is 3. The Kier molecular flexibility index (Phi) is 7.77. The van der Waals surface area contributed by atoms with Crippen LogP contribution < -0.4 is 5.32 Å². The summed E-state index contributed by atoms with van der Waals surface area (Å²) in [7, 11) is 3.89. The van der Waals surface area contributed by atoms with Crippen LogP contribution in [0.3, 0.4) is 0 Å². The van der Waals surface area contributed by atoms with Gasteiger partial charge in [0.1, 0.15) is 29.9 Å². The predicted octanol–water partition coefficient (Wildman–Crippen LogP) is 2.34. The molecule has 4 atom stereocenters. The van der Waals surface area contributed by atoms with E-state index in [2.05, 4.69) is 54.7 Å². The number of nitrogens with zero attached hydrogens (tertiary/aromatic N) is 2. The molecule has 35 heavy (non-hydrogen) atoms. The first-order valence-corrected chi connectivity index (χ1v) is 12.8. The van der Waals surface area contributed by atoms with Gasteiger partial charge in [-0.25, -0.2) is 4.98 Å². The van der Waals surface area contributed by atoms with Crippen molar-refractivity contribution in [3.8, 4) is 10.6 Å². The molecule has 1 aliphatic rings. The number of unbranched alkanes of at least 4 members (excludes halogenated alkanes) is 1. The average Bonchev–Trinajstić information content (AvgIpc) is 3.23. The van der Waals surface area contributed by atoms with Crippen LogP contribution in [0, 0.1) is 6.92 Å². The summed E-state index contributed by atoms with van der Waals surface area (Å²) in [6.45, 7) is 3.56. The first-order chi connectivity index (χ1) is 16.6. The van der Waals surface area contributed by atoms with E-state index in [9.17, 15) is 20.4 Å². The lowest BCUT2D eigenvalue weighted by molar-refractivity contribution is -0.901. The zero-order valence-corrected chi connectivity index (χ0v) is 21.3. The zero-order chi connectivity index (χ0) is 25.2. The molecule has 9 heteroatoms. The van der Waals surface area contributed by atoms with Crippen molar-refractivity contribution in [2.75, 3.05) is 45.7 Å². The molecule has 2 aromatic carbocycles. The zero-order valence-electron chi connectivity index (χ0n) is 20.5. The number of aliphatic hydroxyl groups is 4. The number of quaternary nitrogens is 1. The summed E-state index contributed by atoms with van der Waals surface area (Å²) in [6, 6.07) is 14.7. The highest BCUT2D eigenvalue weighted by Gasteiger charge is 2.51. The molecule has 1 saturated heterocycles. The fourth-order valence-corrected chi connectivity index (χ4v) is 5.58. The summed E-state index contributed by atoms with van der Waals surface area (Å²) in [6.07, 6.45) is -2.35. The minimum absolute atomic E-state index is 0.109. The Balaban J connectivity index is 1.23. The molecule has 0 spiro atoms. The highest BCUT2D eigenvalue weighted by atomic mass is 32.1. The van der Waals surface area contributed by atoms with Gasteiger partial charge in [-0.15, -0.1) is 11.3 Å². The molecule has 2 heterocycles. The summed E-state index contributed by atoms with van der Waals surface area (Å²) < 4.78 is 6.92. The van der Waals surface area contributed by atoms with Crippen LogP contribution in [0.5, 0.6) is 0 Å². The van der Waals surface area contributed by atoms with Crippen LogP contribution in [0.15, 0.2) is 42.5 Å². The van der Waals surface area contributed by atoms with Crippen molar-refractivity contribution in [3.05, 3.63) is 48.0 Å². The van der Waals surface area contributed by atoms with Crippen molar-refractivity contribution < 1.29 is 29.6 Å². The number of likely N-dealkylation sites (N-methyl/N-ethyl adjacent to an activating group) is 1. The van der Waals surface area contributed by atoms with E-state index in [1.54, 1.807) is 11.3 Å². The number of ether oxygens (including phenoxy) is 1. The number of thiazole rings is 1. The third-order valence-electron chi connectivity index (χ3n) is 6.53. The van der Waals surface area contributed by atoms with Crippen LogP contribution in [0.2, 0.25) is 0 Å². The van der Waals surface area contributed by atoms with Crippen LogP contribution in [0.25, 0.3) is 20.8 Å². The number of anilines is 1. The third-order valence-corrected chi connectivity index (χ3v) is 7.60. The number of nitrogens with one attached hydrogen (secondary N) is 1. The Labute approximate surface area is 210 Å².